The van der Waals surface area contributed by atoms with Crippen molar-refractivity contribution in [2.75, 3.05) is 5.32 Å². The third-order valence-corrected chi connectivity index (χ3v) is 3.84. The van der Waals surface area contributed by atoms with Crippen LogP contribution in [0.5, 0.6) is 0 Å². The molecule has 5 nitrogen and oxygen atoms in total. The fraction of sp³-hybridized carbons (Fsp3) is 0.438. The molecule has 1 saturated carbocycles. The summed E-state index contributed by atoms with van der Waals surface area (Å²) in [6.07, 6.45) is 3.67. The monoisotopic (exact) mass is 285 g/mol. The van der Waals surface area contributed by atoms with E-state index in [1.54, 1.807) is 16.8 Å². The zero-order valence-corrected chi connectivity index (χ0v) is 12.5. The molecule has 0 aliphatic heterocycles. The smallest absolute Gasteiger partial charge is 0.260 e. The van der Waals surface area contributed by atoms with Gasteiger partial charge in [0.05, 0.1) is 10.9 Å². The number of hydrogen-bond acceptors (Lipinski definition) is 3. The van der Waals surface area contributed by atoms with E-state index in [1.807, 2.05) is 26.8 Å². The van der Waals surface area contributed by atoms with Crippen LogP contribution in [0.25, 0.3) is 10.9 Å². The number of nitrogens with one attached hydrogen (secondary N) is 1. The molecule has 1 fully saturated rings. The second kappa shape index (κ2) is 4.98. The summed E-state index contributed by atoms with van der Waals surface area (Å²) >= 11 is 0. The molecule has 0 spiro atoms. The predicted octanol–water partition coefficient (Wildman–Crippen LogP) is 2.63. The number of fused-ring (bicyclic) bond motifs is 1. The van der Waals surface area contributed by atoms with Crippen molar-refractivity contribution in [2.45, 2.75) is 39.7 Å². The first-order valence-electron chi connectivity index (χ1n) is 7.30. The first-order valence-corrected chi connectivity index (χ1v) is 7.30. The second-order valence-corrected chi connectivity index (χ2v) is 5.97. The average molecular weight is 285 g/mol. The molecule has 1 aliphatic carbocycles. The minimum atomic E-state index is -0.0347. The van der Waals surface area contributed by atoms with E-state index in [-0.39, 0.29) is 23.4 Å². The van der Waals surface area contributed by atoms with Crippen LogP contribution >= 0.6 is 0 Å². The van der Waals surface area contributed by atoms with E-state index in [1.165, 1.54) is 0 Å². The maximum Gasteiger partial charge on any atom is 0.260 e. The lowest BCUT2D eigenvalue weighted by Crippen LogP contribution is -2.22. The molecule has 0 radical (unpaired) electrons. The summed E-state index contributed by atoms with van der Waals surface area (Å²) in [7, 11) is 0. The van der Waals surface area contributed by atoms with Crippen LogP contribution < -0.4 is 10.9 Å². The van der Waals surface area contributed by atoms with Gasteiger partial charge in [-0.1, -0.05) is 0 Å². The number of carbonyl (C=O) groups excluding carboxylic acids is 1. The Hall–Kier alpha value is -2.17. The second-order valence-electron chi connectivity index (χ2n) is 5.97. The van der Waals surface area contributed by atoms with Crippen LogP contribution in [0.1, 0.15) is 38.3 Å². The zero-order chi connectivity index (χ0) is 15.1. The number of rotatable bonds is 3. The van der Waals surface area contributed by atoms with Gasteiger partial charge in [0, 0.05) is 18.2 Å². The molecule has 2 aromatic heterocycles. The summed E-state index contributed by atoms with van der Waals surface area (Å²) in [4.78, 5) is 28.7. The highest BCUT2D eigenvalue weighted by molar-refractivity contribution is 5.94. The first-order chi connectivity index (χ1) is 9.97. The van der Waals surface area contributed by atoms with E-state index >= 15 is 0 Å². The van der Waals surface area contributed by atoms with Gasteiger partial charge in [-0.05, 0) is 51.3 Å². The number of aromatic nitrogens is 2. The largest absolute Gasteiger partial charge is 0.312 e. The molecule has 3 rings (SSSR count). The quantitative estimate of drug-likeness (QED) is 0.943. The molecule has 1 N–H and O–H groups in total. The number of hydrogen-bond donors (Lipinski definition) is 1. The van der Waals surface area contributed by atoms with Crippen LogP contribution in [0.15, 0.2) is 23.1 Å². The summed E-state index contributed by atoms with van der Waals surface area (Å²) in [6, 6.07) is 3.71. The standard InChI is InChI=1S/C16H19N3O2/c1-9(2)19-7-6-12-14(16(19)21)10(3)8-13(17-12)18-15(20)11-4-5-11/h6-9,11H,4-5H2,1-3H3,(H,17,18,20). The maximum atomic E-state index is 12.5. The molecule has 0 saturated heterocycles. The van der Waals surface area contributed by atoms with Gasteiger partial charge < -0.3 is 9.88 Å². The Morgan fingerprint density at radius 2 is 2.14 bits per heavy atom. The normalized spacial score (nSPS) is 14.7. The van der Waals surface area contributed by atoms with Gasteiger partial charge in [-0.15, -0.1) is 0 Å². The lowest BCUT2D eigenvalue weighted by Gasteiger charge is -2.12. The van der Waals surface area contributed by atoms with Crippen molar-refractivity contribution in [3.8, 4) is 0 Å². The Labute approximate surface area is 123 Å². The fourth-order valence-corrected chi connectivity index (χ4v) is 2.49. The van der Waals surface area contributed by atoms with Crippen molar-refractivity contribution in [3.05, 3.63) is 34.2 Å². The molecule has 110 valence electrons. The van der Waals surface area contributed by atoms with E-state index in [9.17, 15) is 9.59 Å². The third-order valence-electron chi connectivity index (χ3n) is 3.84. The molecule has 0 aromatic carbocycles. The topological polar surface area (TPSA) is 64.0 Å². The Kier molecular flexibility index (Phi) is 3.27. The summed E-state index contributed by atoms with van der Waals surface area (Å²) < 4.78 is 1.69. The van der Waals surface area contributed by atoms with Crippen LogP contribution in [0, 0.1) is 12.8 Å². The Bertz CT molecular complexity index is 773. The summed E-state index contributed by atoms with van der Waals surface area (Å²) in [6.45, 7) is 5.82. The number of aryl methyl sites for hydroxylation is 1. The van der Waals surface area contributed by atoms with Crippen LogP contribution in [-0.4, -0.2) is 15.5 Å². The van der Waals surface area contributed by atoms with Crippen LogP contribution in [0.4, 0.5) is 5.82 Å². The fourth-order valence-electron chi connectivity index (χ4n) is 2.49. The summed E-state index contributed by atoms with van der Waals surface area (Å²) in [5.74, 6) is 0.687. The number of carbonyl (C=O) groups is 1. The van der Waals surface area contributed by atoms with Gasteiger partial charge >= 0.3 is 0 Å². The van der Waals surface area contributed by atoms with E-state index in [2.05, 4.69) is 10.3 Å². The first kappa shape index (κ1) is 13.8. The molecule has 0 bridgehead atoms. The van der Waals surface area contributed by atoms with Gasteiger partial charge in [0.1, 0.15) is 5.82 Å². The molecule has 1 aliphatic rings. The van der Waals surface area contributed by atoms with Crippen molar-refractivity contribution in [3.63, 3.8) is 0 Å². The van der Waals surface area contributed by atoms with Gasteiger partial charge in [-0.3, -0.25) is 9.59 Å². The molecule has 21 heavy (non-hydrogen) atoms. The van der Waals surface area contributed by atoms with E-state index in [0.717, 1.165) is 18.4 Å². The predicted molar refractivity (Wildman–Crippen MR) is 82.5 cm³/mol. The molecule has 0 unspecified atom stereocenters. The number of anilines is 1. The Morgan fingerprint density at radius 1 is 1.43 bits per heavy atom. The Morgan fingerprint density at radius 3 is 2.76 bits per heavy atom. The van der Waals surface area contributed by atoms with Crippen molar-refractivity contribution in [1.82, 2.24) is 9.55 Å². The molecular formula is C16H19N3O2. The molecular weight excluding hydrogens is 266 g/mol. The van der Waals surface area contributed by atoms with Gasteiger partial charge in [0.2, 0.25) is 5.91 Å². The van der Waals surface area contributed by atoms with Crippen LogP contribution in [0.3, 0.4) is 0 Å². The number of amides is 1. The third kappa shape index (κ3) is 2.55. The van der Waals surface area contributed by atoms with Crippen molar-refractivity contribution in [1.29, 1.82) is 0 Å². The van der Waals surface area contributed by atoms with E-state index < -0.39 is 0 Å². The lowest BCUT2D eigenvalue weighted by molar-refractivity contribution is -0.117. The Balaban J connectivity index is 2.06. The van der Waals surface area contributed by atoms with Crippen LogP contribution in [0.2, 0.25) is 0 Å². The van der Waals surface area contributed by atoms with Gasteiger partial charge in [-0.2, -0.15) is 0 Å². The average Bonchev–Trinajstić information content (AvgIpc) is 3.22. The highest BCUT2D eigenvalue weighted by Crippen LogP contribution is 2.30. The lowest BCUT2D eigenvalue weighted by atomic mass is 10.1. The van der Waals surface area contributed by atoms with E-state index in [4.69, 9.17) is 0 Å². The molecule has 5 heteroatoms. The number of pyridine rings is 2. The summed E-state index contributed by atoms with van der Waals surface area (Å²) in [5, 5.41) is 3.46. The molecule has 2 heterocycles. The molecule has 0 atom stereocenters. The highest BCUT2D eigenvalue weighted by Gasteiger charge is 2.29. The van der Waals surface area contributed by atoms with Crippen molar-refractivity contribution >= 4 is 22.6 Å². The van der Waals surface area contributed by atoms with E-state index in [0.29, 0.717) is 16.7 Å². The van der Waals surface area contributed by atoms with Gasteiger partial charge in [0.15, 0.2) is 0 Å². The minimum Gasteiger partial charge on any atom is -0.312 e. The van der Waals surface area contributed by atoms with Crippen LogP contribution in [-0.2, 0) is 4.79 Å². The summed E-state index contributed by atoms with van der Waals surface area (Å²) in [5.41, 5.74) is 1.43. The zero-order valence-electron chi connectivity index (χ0n) is 12.5. The SMILES string of the molecule is Cc1cc(NC(=O)C2CC2)nc2ccn(C(C)C)c(=O)c12. The van der Waals surface area contributed by atoms with Crippen molar-refractivity contribution in [2.24, 2.45) is 5.92 Å². The molecule has 2 aromatic rings. The highest BCUT2D eigenvalue weighted by atomic mass is 16.2. The van der Waals surface area contributed by atoms with Gasteiger partial charge in [0.25, 0.3) is 5.56 Å². The van der Waals surface area contributed by atoms with Gasteiger partial charge in [-0.25, -0.2) is 4.98 Å². The minimum absolute atomic E-state index is 0.0248. The molecule has 1 amide bonds. The van der Waals surface area contributed by atoms with Crippen molar-refractivity contribution < 1.29 is 4.79 Å². The maximum absolute atomic E-state index is 12.5. The number of nitrogens with zero attached hydrogens (tertiary/aromatic N) is 2.